The smallest absolute Gasteiger partial charge is 0.251 e. The Bertz CT molecular complexity index is 922. The van der Waals surface area contributed by atoms with Crippen molar-refractivity contribution in [2.24, 2.45) is 0 Å². The molecule has 0 spiro atoms. The van der Waals surface area contributed by atoms with Crippen LogP contribution in [-0.4, -0.2) is 37.8 Å². The van der Waals surface area contributed by atoms with E-state index < -0.39 is 10.0 Å². The molecule has 29 heavy (non-hydrogen) atoms. The highest BCUT2D eigenvalue weighted by molar-refractivity contribution is 7.89. The molecule has 2 aromatic rings. The van der Waals surface area contributed by atoms with Crippen LogP contribution in [0, 0.1) is 0 Å². The Kier molecular flexibility index (Phi) is 7.96. The number of benzene rings is 2. The van der Waals surface area contributed by atoms with Gasteiger partial charge in [-0.15, -0.1) is 0 Å². The van der Waals surface area contributed by atoms with E-state index in [-0.39, 0.29) is 22.9 Å². The molecule has 0 atom stereocenters. The second-order valence-corrected chi connectivity index (χ2v) is 9.50. The van der Waals surface area contributed by atoms with Crippen molar-refractivity contribution in [1.29, 1.82) is 0 Å². The van der Waals surface area contributed by atoms with Crippen LogP contribution in [-0.2, 0) is 27.9 Å². The highest BCUT2D eigenvalue weighted by atomic mass is 32.2. The van der Waals surface area contributed by atoms with Gasteiger partial charge >= 0.3 is 0 Å². The van der Waals surface area contributed by atoms with Crippen molar-refractivity contribution in [1.82, 2.24) is 9.62 Å². The Hall–Kier alpha value is -2.22. The lowest BCUT2D eigenvalue weighted by atomic mass is 10.1. The zero-order valence-electron chi connectivity index (χ0n) is 17.7. The molecule has 2 aromatic carbocycles. The zero-order valence-corrected chi connectivity index (χ0v) is 18.5. The summed E-state index contributed by atoms with van der Waals surface area (Å²) in [5.74, 6) is -0.318. The first kappa shape index (κ1) is 23.1. The standard InChI is InChI=1S/C22H30N2O4S/c1-16(2)24(5)29(26,27)21-8-6-7-20(13-21)22(25)23-14-18-9-11-19(12-10-18)15-28-17(3)4/h6-13,16-17H,14-15H2,1-5H3,(H,23,25). The van der Waals surface area contributed by atoms with Gasteiger partial charge in [0.15, 0.2) is 0 Å². The van der Waals surface area contributed by atoms with Crippen molar-refractivity contribution in [3.8, 4) is 0 Å². The highest BCUT2D eigenvalue weighted by Gasteiger charge is 2.23. The highest BCUT2D eigenvalue weighted by Crippen LogP contribution is 2.18. The summed E-state index contributed by atoms with van der Waals surface area (Å²) in [6, 6.07) is 13.8. The predicted molar refractivity (Wildman–Crippen MR) is 114 cm³/mol. The van der Waals surface area contributed by atoms with Crippen molar-refractivity contribution in [2.75, 3.05) is 7.05 Å². The minimum Gasteiger partial charge on any atom is -0.374 e. The Morgan fingerprint density at radius 3 is 2.24 bits per heavy atom. The Morgan fingerprint density at radius 1 is 1.03 bits per heavy atom. The van der Waals surface area contributed by atoms with Gasteiger partial charge in [0.05, 0.1) is 17.6 Å². The van der Waals surface area contributed by atoms with Crippen molar-refractivity contribution in [3.05, 3.63) is 65.2 Å². The van der Waals surface area contributed by atoms with Crippen LogP contribution in [0.2, 0.25) is 0 Å². The van der Waals surface area contributed by atoms with Gasteiger partial charge in [-0.1, -0.05) is 30.3 Å². The molecule has 0 fully saturated rings. The van der Waals surface area contributed by atoms with E-state index in [4.69, 9.17) is 4.74 Å². The van der Waals surface area contributed by atoms with E-state index in [1.807, 2.05) is 38.1 Å². The van der Waals surface area contributed by atoms with Crippen LogP contribution >= 0.6 is 0 Å². The molecule has 0 saturated carbocycles. The average molecular weight is 419 g/mol. The summed E-state index contributed by atoms with van der Waals surface area (Å²) in [4.78, 5) is 12.6. The van der Waals surface area contributed by atoms with Crippen molar-refractivity contribution in [2.45, 2.75) is 57.9 Å². The fourth-order valence-corrected chi connectivity index (χ4v) is 3.96. The van der Waals surface area contributed by atoms with Gasteiger partial charge in [0.1, 0.15) is 0 Å². The van der Waals surface area contributed by atoms with Crippen LogP contribution in [0.1, 0.15) is 49.2 Å². The molecule has 2 rings (SSSR count). The third-order valence-corrected chi connectivity index (χ3v) is 6.59. The van der Waals surface area contributed by atoms with Gasteiger partial charge in [-0.3, -0.25) is 4.79 Å². The second kappa shape index (κ2) is 10.0. The van der Waals surface area contributed by atoms with Gasteiger partial charge in [-0.2, -0.15) is 4.31 Å². The molecule has 7 heteroatoms. The topological polar surface area (TPSA) is 75.7 Å². The number of hydrogen-bond acceptors (Lipinski definition) is 4. The van der Waals surface area contributed by atoms with Crippen molar-refractivity contribution in [3.63, 3.8) is 0 Å². The maximum atomic E-state index is 12.6. The summed E-state index contributed by atoms with van der Waals surface area (Å²) in [6.45, 7) is 8.49. The quantitative estimate of drug-likeness (QED) is 0.675. The molecule has 0 aliphatic heterocycles. The minimum absolute atomic E-state index is 0.107. The number of carbonyl (C=O) groups is 1. The number of nitrogens with zero attached hydrogens (tertiary/aromatic N) is 1. The zero-order chi connectivity index (χ0) is 21.6. The van der Waals surface area contributed by atoms with E-state index in [0.29, 0.717) is 18.7 Å². The fraction of sp³-hybridized carbons (Fsp3) is 0.409. The summed E-state index contributed by atoms with van der Waals surface area (Å²) in [5, 5.41) is 2.84. The molecule has 0 bridgehead atoms. The Labute approximate surface area is 173 Å². The lowest BCUT2D eigenvalue weighted by Gasteiger charge is -2.21. The first-order chi connectivity index (χ1) is 13.6. The minimum atomic E-state index is -3.64. The number of nitrogens with one attached hydrogen (secondary N) is 1. The van der Waals surface area contributed by atoms with Gasteiger partial charge in [-0.05, 0) is 57.0 Å². The van der Waals surface area contributed by atoms with Gasteiger partial charge < -0.3 is 10.1 Å². The summed E-state index contributed by atoms with van der Waals surface area (Å²) in [6.07, 6.45) is 0.175. The molecular formula is C22H30N2O4S. The average Bonchev–Trinajstić information content (AvgIpc) is 2.70. The maximum Gasteiger partial charge on any atom is 0.251 e. The van der Waals surface area contributed by atoms with E-state index in [1.165, 1.54) is 23.5 Å². The van der Waals surface area contributed by atoms with E-state index in [2.05, 4.69) is 5.32 Å². The number of carbonyl (C=O) groups excluding carboxylic acids is 1. The summed E-state index contributed by atoms with van der Waals surface area (Å²) < 4.78 is 32.1. The molecular weight excluding hydrogens is 388 g/mol. The summed E-state index contributed by atoms with van der Waals surface area (Å²) in [7, 11) is -2.11. The molecule has 0 aromatic heterocycles. The SMILES string of the molecule is CC(C)OCc1ccc(CNC(=O)c2cccc(S(=O)(=O)N(C)C(C)C)c2)cc1. The number of amides is 1. The van der Waals surface area contributed by atoms with Crippen LogP contribution in [0.3, 0.4) is 0 Å². The van der Waals surface area contributed by atoms with Crippen LogP contribution in [0.4, 0.5) is 0 Å². The summed E-state index contributed by atoms with van der Waals surface area (Å²) >= 11 is 0. The number of sulfonamides is 1. The largest absolute Gasteiger partial charge is 0.374 e. The second-order valence-electron chi connectivity index (χ2n) is 7.50. The molecule has 0 radical (unpaired) electrons. The maximum absolute atomic E-state index is 12.6. The van der Waals surface area contributed by atoms with Crippen LogP contribution in [0.15, 0.2) is 53.4 Å². The third-order valence-electron chi connectivity index (χ3n) is 4.56. The van der Waals surface area contributed by atoms with Crippen LogP contribution in [0.5, 0.6) is 0 Å². The van der Waals surface area contributed by atoms with E-state index in [1.54, 1.807) is 26.0 Å². The molecule has 0 unspecified atom stereocenters. The lowest BCUT2D eigenvalue weighted by molar-refractivity contribution is 0.0657. The Morgan fingerprint density at radius 2 is 1.66 bits per heavy atom. The van der Waals surface area contributed by atoms with Crippen LogP contribution < -0.4 is 5.32 Å². The van der Waals surface area contributed by atoms with Crippen LogP contribution in [0.25, 0.3) is 0 Å². The fourth-order valence-electron chi connectivity index (χ4n) is 2.54. The first-order valence-electron chi connectivity index (χ1n) is 9.67. The van der Waals surface area contributed by atoms with Gasteiger partial charge in [0, 0.05) is 25.2 Å². The number of hydrogen-bond donors (Lipinski definition) is 1. The molecule has 0 saturated heterocycles. The first-order valence-corrected chi connectivity index (χ1v) is 11.1. The van der Waals surface area contributed by atoms with E-state index in [9.17, 15) is 13.2 Å². The van der Waals surface area contributed by atoms with E-state index in [0.717, 1.165) is 11.1 Å². The van der Waals surface area contributed by atoms with Gasteiger partial charge in [0.25, 0.3) is 5.91 Å². The number of ether oxygens (including phenoxy) is 1. The Balaban J connectivity index is 2.03. The lowest BCUT2D eigenvalue weighted by Crippen LogP contribution is -2.33. The molecule has 158 valence electrons. The predicted octanol–water partition coefficient (Wildman–Crippen LogP) is 3.57. The molecule has 0 aliphatic carbocycles. The molecule has 0 aliphatic rings. The van der Waals surface area contributed by atoms with Gasteiger partial charge in [-0.25, -0.2) is 8.42 Å². The monoisotopic (exact) mass is 418 g/mol. The summed E-state index contributed by atoms with van der Waals surface area (Å²) in [5.41, 5.74) is 2.33. The molecule has 1 N–H and O–H groups in total. The molecule has 1 amide bonds. The molecule has 6 nitrogen and oxygen atoms in total. The number of rotatable bonds is 9. The van der Waals surface area contributed by atoms with E-state index >= 15 is 0 Å². The third kappa shape index (κ3) is 6.39. The normalized spacial score (nSPS) is 12.0. The van der Waals surface area contributed by atoms with Crippen molar-refractivity contribution < 1.29 is 17.9 Å². The molecule has 0 heterocycles. The van der Waals surface area contributed by atoms with Crippen molar-refractivity contribution >= 4 is 15.9 Å². The van der Waals surface area contributed by atoms with Gasteiger partial charge in [0.2, 0.25) is 10.0 Å².